The van der Waals surface area contributed by atoms with E-state index >= 15 is 0 Å². The number of hydrogen-bond acceptors (Lipinski definition) is 5. The highest BCUT2D eigenvalue weighted by molar-refractivity contribution is 6.05. The van der Waals surface area contributed by atoms with Crippen molar-refractivity contribution in [3.63, 3.8) is 0 Å². The summed E-state index contributed by atoms with van der Waals surface area (Å²) >= 11 is 0. The average Bonchev–Trinajstić information content (AvgIpc) is 2.86. The molecular weight excluding hydrogens is 416 g/mol. The Morgan fingerprint density at radius 2 is 1.58 bits per heavy atom. The number of carbonyl (C=O) groups is 1. The predicted molar refractivity (Wildman–Crippen MR) is 129 cm³/mol. The molecule has 1 saturated heterocycles. The lowest BCUT2D eigenvalue weighted by atomic mass is 10.0. The van der Waals surface area contributed by atoms with Crippen molar-refractivity contribution in [3.8, 4) is 17.1 Å². The summed E-state index contributed by atoms with van der Waals surface area (Å²) in [7, 11) is 0. The lowest BCUT2D eigenvalue weighted by Gasteiger charge is -2.36. The van der Waals surface area contributed by atoms with E-state index in [1.807, 2.05) is 42.5 Å². The van der Waals surface area contributed by atoms with Crippen LogP contribution in [0.1, 0.15) is 15.9 Å². The van der Waals surface area contributed by atoms with Crippen molar-refractivity contribution in [1.29, 1.82) is 0 Å². The second-order valence-corrected chi connectivity index (χ2v) is 8.20. The molecule has 1 N–H and O–H groups in total. The maximum absolute atomic E-state index is 13.5. The second kappa shape index (κ2) is 8.47. The van der Waals surface area contributed by atoms with Crippen LogP contribution in [0.4, 0.5) is 5.69 Å². The van der Waals surface area contributed by atoms with Crippen LogP contribution in [0.5, 0.6) is 5.75 Å². The molecule has 0 atom stereocenters. The summed E-state index contributed by atoms with van der Waals surface area (Å²) in [5.41, 5.74) is 2.66. The van der Waals surface area contributed by atoms with Crippen LogP contribution >= 0.6 is 0 Å². The zero-order valence-corrected chi connectivity index (χ0v) is 18.3. The summed E-state index contributed by atoms with van der Waals surface area (Å²) in [5, 5.41) is 10.5. The van der Waals surface area contributed by atoms with Gasteiger partial charge >= 0.3 is 0 Å². The molecule has 2 heterocycles. The van der Waals surface area contributed by atoms with Crippen molar-refractivity contribution in [2.24, 2.45) is 0 Å². The Hall–Kier alpha value is -4.06. The molecule has 5 rings (SSSR count). The molecule has 4 aromatic rings. The number of rotatable bonds is 3. The summed E-state index contributed by atoms with van der Waals surface area (Å²) in [6, 6.07) is 21.8. The molecule has 33 heavy (non-hydrogen) atoms. The molecule has 1 aliphatic rings. The van der Waals surface area contributed by atoms with E-state index in [0.29, 0.717) is 54.0 Å². The van der Waals surface area contributed by atoms with Crippen LogP contribution < -0.4 is 10.3 Å². The molecule has 0 unspecified atom stereocenters. The third-order valence-electron chi connectivity index (χ3n) is 6.20. The van der Waals surface area contributed by atoms with E-state index in [4.69, 9.17) is 4.42 Å². The van der Waals surface area contributed by atoms with Crippen LogP contribution in [0.15, 0.2) is 82.0 Å². The third-order valence-corrected chi connectivity index (χ3v) is 6.20. The molecule has 0 spiro atoms. The lowest BCUT2D eigenvalue weighted by Crippen LogP contribution is -2.48. The quantitative estimate of drug-likeness (QED) is 0.510. The van der Waals surface area contributed by atoms with Gasteiger partial charge in [-0.1, -0.05) is 48.5 Å². The van der Waals surface area contributed by atoms with Gasteiger partial charge in [-0.25, -0.2) is 0 Å². The SMILES string of the molecule is Cc1c(-c2ccccc2)oc2c(C(=O)N3CCN(c4ccccc4O)CC3)cccc2c1=O. The lowest BCUT2D eigenvalue weighted by molar-refractivity contribution is 0.0747. The fourth-order valence-electron chi connectivity index (χ4n) is 4.40. The van der Waals surface area contributed by atoms with Crippen LogP contribution in [-0.2, 0) is 0 Å². The molecular formula is C27H24N2O4. The molecule has 1 fully saturated rings. The summed E-state index contributed by atoms with van der Waals surface area (Å²) in [5.74, 6) is 0.554. The number of phenols is 1. The van der Waals surface area contributed by atoms with Gasteiger partial charge in [0.2, 0.25) is 0 Å². The molecule has 166 valence electrons. The Balaban J connectivity index is 1.48. The maximum Gasteiger partial charge on any atom is 0.257 e. The second-order valence-electron chi connectivity index (χ2n) is 8.20. The third kappa shape index (κ3) is 3.74. The average molecular weight is 440 g/mol. The normalized spacial score (nSPS) is 14.0. The number of fused-ring (bicyclic) bond motifs is 1. The minimum atomic E-state index is -0.163. The highest BCUT2D eigenvalue weighted by Crippen LogP contribution is 2.30. The Morgan fingerprint density at radius 3 is 2.30 bits per heavy atom. The summed E-state index contributed by atoms with van der Waals surface area (Å²) in [4.78, 5) is 30.4. The highest BCUT2D eigenvalue weighted by atomic mass is 16.3. The number of nitrogens with zero attached hydrogens (tertiary/aromatic N) is 2. The van der Waals surface area contributed by atoms with Gasteiger partial charge in [-0.2, -0.15) is 0 Å². The molecule has 0 aliphatic carbocycles. The standard InChI is InChI=1S/C27H24N2O4/c1-18-24(31)20-10-7-11-21(26(20)33-25(18)19-8-3-2-4-9-19)27(32)29-16-14-28(15-17-29)22-12-5-6-13-23(22)30/h2-13,30H,14-17H2,1H3. The van der Waals surface area contributed by atoms with E-state index in [1.54, 1.807) is 42.2 Å². The number of benzene rings is 3. The Bertz CT molecular complexity index is 1390. The monoisotopic (exact) mass is 440 g/mol. The number of amides is 1. The molecule has 0 bridgehead atoms. The van der Waals surface area contributed by atoms with Gasteiger partial charge in [0.25, 0.3) is 5.91 Å². The molecule has 0 radical (unpaired) electrons. The van der Waals surface area contributed by atoms with Crippen molar-refractivity contribution >= 4 is 22.6 Å². The van der Waals surface area contributed by atoms with Crippen molar-refractivity contribution in [2.45, 2.75) is 6.92 Å². The Morgan fingerprint density at radius 1 is 0.879 bits per heavy atom. The van der Waals surface area contributed by atoms with Gasteiger partial charge in [0.15, 0.2) is 11.0 Å². The minimum absolute atomic E-state index is 0.130. The number of para-hydroxylation sites is 3. The molecule has 1 aliphatic heterocycles. The molecule has 6 nitrogen and oxygen atoms in total. The molecule has 1 aromatic heterocycles. The van der Waals surface area contributed by atoms with Crippen LogP contribution in [0.2, 0.25) is 0 Å². The maximum atomic E-state index is 13.5. The van der Waals surface area contributed by atoms with E-state index in [9.17, 15) is 14.7 Å². The largest absolute Gasteiger partial charge is 0.506 e. The zero-order valence-electron chi connectivity index (χ0n) is 18.3. The van der Waals surface area contributed by atoms with E-state index in [-0.39, 0.29) is 17.1 Å². The first-order valence-electron chi connectivity index (χ1n) is 11.0. The van der Waals surface area contributed by atoms with Gasteiger partial charge in [0, 0.05) is 37.3 Å². The van der Waals surface area contributed by atoms with Crippen LogP contribution in [0, 0.1) is 6.92 Å². The van der Waals surface area contributed by atoms with Gasteiger partial charge in [0.05, 0.1) is 16.6 Å². The van der Waals surface area contributed by atoms with Crippen LogP contribution in [-0.4, -0.2) is 42.1 Å². The number of hydrogen-bond donors (Lipinski definition) is 1. The highest BCUT2D eigenvalue weighted by Gasteiger charge is 2.26. The number of piperazine rings is 1. The topological polar surface area (TPSA) is 74.0 Å². The van der Waals surface area contributed by atoms with Crippen LogP contribution in [0.3, 0.4) is 0 Å². The first kappa shape index (κ1) is 20.8. The molecule has 1 amide bonds. The van der Waals surface area contributed by atoms with E-state index in [0.717, 1.165) is 11.3 Å². The summed E-state index contributed by atoms with van der Waals surface area (Å²) in [6.07, 6.45) is 0. The predicted octanol–water partition coefficient (Wildman–Crippen LogP) is 4.44. The van der Waals surface area contributed by atoms with E-state index < -0.39 is 0 Å². The molecule has 0 saturated carbocycles. The number of aromatic hydroxyl groups is 1. The first-order chi connectivity index (χ1) is 16.0. The zero-order chi connectivity index (χ0) is 22.9. The van der Waals surface area contributed by atoms with Crippen molar-refractivity contribution in [1.82, 2.24) is 4.90 Å². The summed E-state index contributed by atoms with van der Waals surface area (Å²) in [6.45, 7) is 3.97. The van der Waals surface area contributed by atoms with Crippen molar-refractivity contribution in [3.05, 3.63) is 94.1 Å². The number of phenolic OH excluding ortho intramolecular Hbond substituents is 1. The fraction of sp³-hybridized carbons (Fsp3) is 0.185. The first-order valence-corrected chi connectivity index (χ1v) is 11.0. The van der Waals surface area contributed by atoms with Crippen molar-refractivity contribution in [2.75, 3.05) is 31.1 Å². The molecule has 6 heteroatoms. The minimum Gasteiger partial charge on any atom is -0.506 e. The summed E-state index contributed by atoms with van der Waals surface area (Å²) < 4.78 is 6.22. The van der Waals surface area contributed by atoms with Gasteiger partial charge < -0.3 is 19.3 Å². The molecule has 3 aromatic carbocycles. The fourth-order valence-corrected chi connectivity index (χ4v) is 4.40. The van der Waals surface area contributed by atoms with Gasteiger partial charge in [-0.15, -0.1) is 0 Å². The number of anilines is 1. The Labute approximate surface area is 191 Å². The Kier molecular flexibility index (Phi) is 5.34. The van der Waals surface area contributed by atoms with E-state index in [2.05, 4.69) is 4.90 Å². The van der Waals surface area contributed by atoms with Crippen LogP contribution in [0.25, 0.3) is 22.3 Å². The number of carbonyl (C=O) groups excluding carboxylic acids is 1. The van der Waals surface area contributed by atoms with Gasteiger partial charge in [0.1, 0.15) is 11.5 Å². The van der Waals surface area contributed by atoms with Gasteiger partial charge in [-0.3, -0.25) is 9.59 Å². The smallest absolute Gasteiger partial charge is 0.257 e. The van der Waals surface area contributed by atoms with Gasteiger partial charge in [-0.05, 0) is 31.2 Å². The van der Waals surface area contributed by atoms with Crippen molar-refractivity contribution < 1.29 is 14.3 Å². The van der Waals surface area contributed by atoms with E-state index in [1.165, 1.54) is 0 Å².